The molecule has 0 spiro atoms. The van der Waals surface area contributed by atoms with E-state index in [-0.39, 0.29) is 6.04 Å². The number of nitrogens with two attached hydrogens (primary N) is 1. The molecule has 1 aromatic carbocycles. The van der Waals surface area contributed by atoms with E-state index in [1.54, 1.807) is 0 Å². The lowest BCUT2D eigenvalue weighted by Gasteiger charge is -2.15. The largest absolute Gasteiger partial charge is 0.320 e. The van der Waals surface area contributed by atoms with Gasteiger partial charge in [0.05, 0.1) is 6.04 Å². The molecule has 2 N–H and O–H groups in total. The van der Waals surface area contributed by atoms with Crippen LogP contribution in [0.4, 0.5) is 0 Å². The molecule has 1 aromatic heterocycles. The summed E-state index contributed by atoms with van der Waals surface area (Å²) < 4.78 is 0. The van der Waals surface area contributed by atoms with Crippen molar-refractivity contribution in [3.63, 3.8) is 0 Å². The number of nitrogens with zero attached hydrogens (tertiary/aromatic N) is 1. The van der Waals surface area contributed by atoms with Crippen molar-refractivity contribution >= 4 is 11.6 Å². The summed E-state index contributed by atoms with van der Waals surface area (Å²) in [6.45, 7) is 3.94. The van der Waals surface area contributed by atoms with Gasteiger partial charge in [0, 0.05) is 16.4 Å². The fourth-order valence-electron chi connectivity index (χ4n) is 1.95. The lowest BCUT2D eigenvalue weighted by atomic mass is 9.99. The Morgan fingerprint density at radius 1 is 1.12 bits per heavy atom. The molecule has 1 atom stereocenters. The molecule has 2 aromatic rings. The van der Waals surface area contributed by atoms with Crippen LogP contribution in [-0.2, 0) is 0 Å². The highest BCUT2D eigenvalue weighted by atomic mass is 35.5. The first kappa shape index (κ1) is 12.1. The van der Waals surface area contributed by atoms with Crippen molar-refractivity contribution in [3.8, 4) is 0 Å². The van der Waals surface area contributed by atoms with Gasteiger partial charge in [-0.1, -0.05) is 29.8 Å². The first-order chi connectivity index (χ1) is 8.08. The molecule has 0 radical (unpaired) electrons. The van der Waals surface area contributed by atoms with E-state index >= 15 is 0 Å². The van der Waals surface area contributed by atoms with Crippen LogP contribution in [0, 0.1) is 13.8 Å². The molecule has 1 heterocycles. The van der Waals surface area contributed by atoms with Crippen molar-refractivity contribution in [1.82, 2.24) is 4.98 Å². The van der Waals surface area contributed by atoms with Gasteiger partial charge in [-0.15, -0.1) is 0 Å². The Morgan fingerprint density at radius 3 is 2.29 bits per heavy atom. The van der Waals surface area contributed by atoms with Crippen molar-refractivity contribution in [2.45, 2.75) is 19.9 Å². The number of benzene rings is 1. The van der Waals surface area contributed by atoms with Crippen LogP contribution in [0.3, 0.4) is 0 Å². The highest BCUT2D eigenvalue weighted by Crippen LogP contribution is 2.26. The fraction of sp³-hybridized carbons (Fsp3) is 0.214. The normalized spacial score (nSPS) is 12.5. The summed E-state index contributed by atoms with van der Waals surface area (Å²) in [5, 5.41) is 0.701. The quantitative estimate of drug-likeness (QED) is 0.882. The average molecular weight is 247 g/mol. The number of pyridine rings is 1. The Balaban J connectivity index is 2.43. The molecular weight excluding hydrogens is 232 g/mol. The van der Waals surface area contributed by atoms with Crippen molar-refractivity contribution in [2.75, 3.05) is 0 Å². The minimum absolute atomic E-state index is 0.205. The van der Waals surface area contributed by atoms with E-state index in [1.165, 1.54) is 0 Å². The molecule has 1 unspecified atom stereocenters. The second-order valence-corrected chi connectivity index (χ2v) is 4.59. The summed E-state index contributed by atoms with van der Waals surface area (Å²) in [5.41, 5.74) is 10.2. The van der Waals surface area contributed by atoms with Gasteiger partial charge in [0.15, 0.2) is 0 Å². The fourth-order valence-corrected chi connectivity index (χ4v) is 2.21. The minimum atomic E-state index is -0.205. The molecule has 0 saturated heterocycles. The Morgan fingerprint density at radius 2 is 1.71 bits per heavy atom. The maximum atomic E-state index is 6.24. The average Bonchev–Trinajstić information content (AvgIpc) is 2.27. The van der Waals surface area contributed by atoms with E-state index < -0.39 is 0 Å². The SMILES string of the molecule is Cc1cc(C(N)c2ccccc2Cl)cc(C)n1. The third-order valence-electron chi connectivity index (χ3n) is 2.70. The molecule has 0 saturated carbocycles. The zero-order valence-corrected chi connectivity index (χ0v) is 10.7. The van der Waals surface area contributed by atoms with E-state index in [4.69, 9.17) is 17.3 Å². The lowest BCUT2D eigenvalue weighted by Crippen LogP contribution is -2.13. The monoisotopic (exact) mass is 246 g/mol. The van der Waals surface area contributed by atoms with Crippen molar-refractivity contribution in [1.29, 1.82) is 0 Å². The summed E-state index contributed by atoms with van der Waals surface area (Å²) in [6, 6.07) is 11.5. The maximum Gasteiger partial charge on any atom is 0.0567 e. The summed E-state index contributed by atoms with van der Waals surface area (Å²) in [5.74, 6) is 0. The van der Waals surface area contributed by atoms with Gasteiger partial charge < -0.3 is 5.73 Å². The van der Waals surface area contributed by atoms with Gasteiger partial charge in [0.1, 0.15) is 0 Å². The molecule has 0 bridgehead atoms. The molecule has 0 aliphatic heterocycles. The van der Waals surface area contributed by atoms with E-state index in [1.807, 2.05) is 50.2 Å². The van der Waals surface area contributed by atoms with Crippen molar-refractivity contribution < 1.29 is 0 Å². The van der Waals surface area contributed by atoms with Crippen molar-refractivity contribution in [3.05, 3.63) is 63.9 Å². The Kier molecular flexibility index (Phi) is 3.46. The van der Waals surface area contributed by atoms with Crippen LogP contribution < -0.4 is 5.73 Å². The molecular formula is C14H15ClN2. The number of hydrogen-bond donors (Lipinski definition) is 1. The van der Waals surface area contributed by atoms with Crippen LogP contribution in [0.5, 0.6) is 0 Å². The topological polar surface area (TPSA) is 38.9 Å². The van der Waals surface area contributed by atoms with Crippen LogP contribution in [0.2, 0.25) is 5.02 Å². The molecule has 0 aliphatic carbocycles. The molecule has 88 valence electrons. The Hall–Kier alpha value is -1.38. The van der Waals surface area contributed by atoms with Gasteiger partial charge in [-0.2, -0.15) is 0 Å². The highest BCUT2D eigenvalue weighted by Gasteiger charge is 2.12. The number of aryl methyl sites for hydroxylation is 2. The number of aromatic nitrogens is 1. The standard InChI is InChI=1S/C14H15ClN2/c1-9-7-11(8-10(2)17-9)14(16)12-5-3-4-6-13(12)15/h3-8,14H,16H2,1-2H3. The first-order valence-corrected chi connectivity index (χ1v) is 5.91. The Labute approximate surface area is 106 Å². The zero-order valence-electron chi connectivity index (χ0n) is 9.94. The van der Waals surface area contributed by atoms with Crippen LogP contribution in [0.15, 0.2) is 36.4 Å². The molecule has 0 amide bonds. The molecule has 0 aliphatic rings. The summed E-state index contributed by atoms with van der Waals surface area (Å²) in [4.78, 5) is 4.34. The van der Waals surface area contributed by atoms with Gasteiger partial charge in [-0.25, -0.2) is 0 Å². The maximum absolute atomic E-state index is 6.24. The van der Waals surface area contributed by atoms with Gasteiger partial charge >= 0.3 is 0 Å². The Bertz CT molecular complexity index is 517. The second-order valence-electron chi connectivity index (χ2n) is 4.18. The smallest absolute Gasteiger partial charge is 0.0567 e. The highest BCUT2D eigenvalue weighted by molar-refractivity contribution is 6.31. The second kappa shape index (κ2) is 4.86. The zero-order chi connectivity index (χ0) is 12.4. The van der Waals surface area contributed by atoms with Gasteiger partial charge in [0.25, 0.3) is 0 Å². The third kappa shape index (κ3) is 2.65. The summed E-state index contributed by atoms with van der Waals surface area (Å²) >= 11 is 6.15. The van der Waals surface area contributed by atoms with Gasteiger partial charge in [-0.3, -0.25) is 4.98 Å². The third-order valence-corrected chi connectivity index (χ3v) is 3.05. The van der Waals surface area contributed by atoms with Crippen LogP contribution in [0.25, 0.3) is 0 Å². The van der Waals surface area contributed by atoms with Gasteiger partial charge in [0.2, 0.25) is 0 Å². The summed E-state index contributed by atoms with van der Waals surface area (Å²) in [6.07, 6.45) is 0. The minimum Gasteiger partial charge on any atom is -0.320 e. The van der Waals surface area contributed by atoms with Gasteiger partial charge in [-0.05, 0) is 43.2 Å². The number of hydrogen-bond acceptors (Lipinski definition) is 2. The predicted molar refractivity (Wildman–Crippen MR) is 71.2 cm³/mol. The van der Waals surface area contributed by atoms with Crippen molar-refractivity contribution in [2.24, 2.45) is 5.73 Å². The van der Waals surface area contributed by atoms with Crippen LogP contribution >= 0.6 is 11.6 Å². The molecule has 2 rings (SSSR count). The summed E-state index contributed by atoms with van der Waals surface area (Å²) in [7, 11) is 0. The lowest BCUT2D eigenvalue weighted by molar-refractivity contribution is 0.860. The number of halogens is 1. The van der Waals surface area contributed by atoms with Crippen LogP contribution in [0.1, 0.15) is 28.6 Å². The van der Waals surface area contributed by atoms with E-state index in [0.29, 0.717) is 5.02 Å². The molecule has 17 heavy (non-hydrogen) atoms. The first-order valence-electron chi connectivity index (χ1n) is 5.53. The van der Waals surface area contributed by atoms with E-state index in [2.05, 4.69) is 4.98 Å². The number of rotatable bonds is 2. The molecule has 2 nitrogen and oxygen atoms in total. The molecule has 3 heteroatoms. The van der Waals surface area contributed by atoms with E-state index in [0.717, 1.165) is 22.5 Å². The van der Waals surface area contributed by atoms with Crippen LogP contribution in [-0.4, -0.2) is 4.98 Å². The molecule has 0 fully saturated rings. The predicted octanol–water partition coefficient (Wildman–Crippen LogP) is 3.40. The van der Waals surface area contributed by atoms with E-state index in [9.17, 15) is 0 Å².